The van der Waals surface area contributed by atoms with E-state index in [4.69, 9.17) is 10.6 Å². The molecule has 1 aromatic carbocycles. The van der Waals surface area contributed by atoms with Gasteiger partial charge in [0, 0.05) is 6.04 Å². The summed E-state index contributed by atoms with van der Waals surface area (Å²) in [5.41, 5.74) is 6.68. The summed E-state index contributed by atoms with van der Waals surface area (Å²) >= 11 is 0. The van der Waals surface area contributed by atoms with Gasteiger partial charge in [-0.2, -0.15) is 0 Å². The van der Waals surface area contributed by atoms with Gasteiger partial charge in [0.1, 0.15) is 6.61 Å². The molecule has 1 rings (SSSR count). The number of nitrogens with two attached hydrogens (primary N) is 1. The number of hydrogen-bond acceptors (Lipinski definition) is 3. The number of rotatable bonds is 5. The summed E-state index contributed by atoms with van der Waals surface area (Å²) in [5, 5.41) is 3.82. The highest BCUT2D eigenvalue weighted by Crippen LogP contribution is 1.94. The van der Waals surface area contributed by atoms with Crippen molar-refractivity contribution < 1.29 is 4.84 Å². The molecule has 1 unspecified atom stereocenters. The van der Waals surface area contributed by atoms with Crippen molar-refractivity contribution in [3.63, 3.8) is 0 Å². The molecule has 3 nitrogen and oxygen atoms in total. The van der Waals surface area contributed by atoms with Crippen molar-refractivity contribution in [2.45, 2.75) is 19.4 Å². The lowest BCUT2D eigenvalue weighted by atomic mass is 10.2. The van der Waals surface area contributed by atoms with Crippen LogP contribution in [0.5, 0.6) is 0 Å². The number of oxime groups is 1. The summed E-state index contributed by atoms with van der Waals surface area (Å²) in [7, 11) is 0. The molecule has 1 aromatic rings. The predicted molar refractivity (Wildman–Crippen MR) is 58.3 cm³/mol. The van der Waals surface area contributed by atoms with Crippen molar-refractivity contribution in [2.75, 3.05) is 6.61 Å². The highest BCUT2D eigenvalue weighted by Gasteiger charge is 1.96. The molecule has 0 bridgehead atoms. The van der Waals surface area contributed by atoms with Gasteiger partial charge in [0.05, 0.1) is 6.21 Å². The van der Waals surface area contributed by atoms with Crippen LogP contribution >= 0.6 is 0 Å². The summed E-state index contributed by atoms with van der Waals surface area (Å²) in [6.45, 7) is 2.49. The molecule has 0 spiro atoms. The van der Waals surface area contributed by atoms with Crippen LogP contribution in [-0.4, -0.2) is 18.9 Å². The van der Waals surface area contributed by atoms with Gasteiger partial charge >= 0.3 is 0 Å². The van der Waals surface area contributed by atoms with Gasteiger partial charge in [-0.05, 0) is 12.0 Å². The first-order valence-corrected chi connectivity index (χ1v) is 4.79. The predicted octanol–water partition coefficient (Wildman–Crippen LogP) is 1.77. The van der Waals surface area contributed by atoms with Crippen LogP contribution in [0.2, 0.25) is 0 Å². The monoisotopic (exact) mass is 192 g/mol. The fourth-order valence-corrected chi connectivity index (χ4v) is 0.894. The lowest BCUT2D eigenvalue weighted by Gasteiger charge is -2.05. The molecule has 0 saturated carbocycles. The molecule has 0 radical (unpaired) electrons. The molecule has 0 fully saturated rings. The molecule has 2 N–H and O–H groups in total. The Kier molecular flexibility index (Phi) is 4.72. The third-order valence-corrected chi connectivity index (χ3v) is 1.89. The highest BCUT2D eigenvalue weighted by molar-refractivity contribution is 5.78. The second kappa shape index (κ2) is 6.16. The van der Waals surface area contributed by atoms with Gasteiger partial charge < -0.3 is 10.6 Å². The summed E-state index contributed by atoms with van der Waals surface area (Å²) < 4.78 is 0. The zero-order valence-corrected chi connectivity index (χ0v) is 8.39. The molecule has 0 amide bonds. The van der Waals surface area contributed by atoms with Crippen LogP contribution in [0.3, 0.4) is 0 Å². The third-order valence-electron chi connectivity index (χ3n) is 1.89. The van der Waals surface area contributed by atoms with Crippen LogP contribution in [-0.2, 0) is 4.84 Å². The van der Waals surface area contributed by atoms with Gasteiger partial charge in [-0.25, -0.2) is 0 Å². The third kappa shape index (κ3) is 4.05. The van der Waals surface area contributed by atoms with Crippen LogP contribution in [0.4, 0.5) is 0 Å². The van der Waals surface area contributed by atoms with Crippen LogP contribution in [0.15, 0.2) is 35.5 Å². The maximum Gasteiger partial charge on any atom is 0.132 e. The number of hydrogen-bond donors (Lipinski definition) is 1. The molecule has 76 valence electrons. The van der Waals surface area contributed by atoms with E-state index < -0.39 is 0 Å². The van der Waals surface area contributed by atoms with E-state index in [1.54, 1.807) is 6.21 Å². The standard InChI is InChI=1S/C11H16N2O/c1-2-11(12)9-14-13-8-10-6-4-3-5-7-10/h3-8,11H,2,9,12H2,1H3. The van der Waals surface area contributed by atoms with Gasteiger partial charge in [-0.3, -0.25) is 0 Å². The number of benzene rings is 1. The normalized spacial score (nSPS) is 13.0. The number of nitrogens with zero attached hydrogens (tertiary/aromatic N) is 1. The van der Waals surface area contributed by atoms with Gasteiger partial charge in [-0.15, -0.1) is 0 Å². The van der Waals surface area contributed by atoms with Crippen LogP contribution in [0.1, 0.15) is 18.9 Å². The molecule has 0 aliphatic carbocycles. The molecule has 0 saturated heterocycles. The molecule has 3 heteroatoms. The summed E-state index contributed by atoms with van der Waals surface area (Å²) in [4.78, 5) is 5.03. The average molecular weight is 192 g/mol. The minimum atomic E-state index is 0.0722. The van der Waals surface area contributed by atoms with E-state index in [-0.39, 0.29) is 6.04 Å². The summed E-state index contributed by atoms with van der Waals surface area (Å²) in [6, 6.07) is 9.88. The zero-order chi connectivity index (χ0) is 10.2. The lowest BCUT2D eigenvalue weighted by molar-refractivity contribution is 0.130. The van der Waals surface area contributed by atoms with Crippen LogP contribution in [0.25, 0.3) is 0 Å². The summed E-state index contributed by atoms with van der Waals surface area (Å²) in [6.07, 6.45) is 2.59. The average Bonchev–Trinajstić information content (AvgIpc) is 2.25. The Bertz CT molecular complexity index is 272. The van der Waals surface area contributed by atoms with Crippen molar-refractivity contribution in [2.24, 2.45) is 10.9 Å². The Morgan fingerprint density at radius 3 is 2.79 bits per heavy atom. The van der Waals surface area contributed by atoms with Crippen molar-refractivity contribution >= 4 is 6.21 Å². The Morgan fingerprint density at radius 2 is 2.14 bits per heavy atom. The molecule has 1 atom stereocenters. The quantitative estimate of drug-likeness (QED) is 0.571. The van der Waals surface area contributed by atoms with E-state index in [0.29, 0.717) is 6.61 Å². The Hall–Kier alpha value is -1.35. The Labute approximate surface area is 84.6 Å². The SMILES string of the molecule is CCC(N)CON=Cc1ccccc1. The highest BCUT2D eigenvalue weighted by atomic mass is 16.6. The van der Waals surface area contributed by atoms with Gasteiger partial charge in [0.25, 0.3) is 0 Å². The van der Waals surface area contributed by atoms with Crippen LogP contribution in [0, 0.1) is 0 Å². The fraction of sp³-hybridized carbons (Fsp3) is 0.364. The van der Waals surface area contributed by atoms with Crippen LogP contribution < -0.4 is 5.73 Å². The molecule has 14 heavy (non-hydrogen) atoms. The van der Waals surface area contributed by atoms with Gasteiger partial charge in [-0.1, -0.05) is 42.4 Å². The largest absolute Gasteiger partial charge is 0.394 e. The van der Waals surface area contributed by atoms with Crippen molar-refractivity contribution in [3.8, 4) is 0 Å². The molecule has 0 aromatic heterocycles. The second-order valence-corrected chi connectivity index (χ2v) is 3.11. The molecular weight excluding hydrogens is 176 g/mol. The molecule has 0 heterocycles. The lowest BCUT2D eigenvalue weighted by Crippen LogP contribution is -2.23. The second-order valence-electron chi connectivity index (χ2n) is 3.11. The van der Waals surface area contributed by atoms with Crippen molar-refractivity contribution in [3.05, 3.63) is 35.9 Å². The topological polar surface area (TPSA) is 47.6 Å². The van der Waals surface area contributed by atoms with E-state index in [0.717, 1.165) is 12.0 Å². The fourth-order valence-electron chi connectivity index (χ4n) is 0.894. The first-order valence-electron chi connectivity index (χ1n) is 4.79. The molecular formula is C11H16N2O. The zero-order valence-electron chi connectivity index (χ0n) is 8.39. The van der Waals surface area contributed by atoms with E-state index in [1.165, 1.54) is 0 Å². The molecule has 0 aliphatic rings. The van der Waals surface area contributed by atoms with E-state index in [1.807, 2.05) is 37.3 Å². The summed E-state index contributed by atoms with van der Waals surface area (Å²) in [5.74, 6) is 0. The van der Waals surface area contributed by atoms with Crippen molar-refractivity contribution in [1.82, 2.24) is 0 Å². The molecule has 0 aliphatic heterocycles. The minimum Gasteiger partial charge on any atom is -0.394 e. The Balaban J connectivity index is 2.28. The first-order chi connectivity index (χ1) is 6.83. The first kappa shape index (κ1) is 10.7. The van der Waals surface area contributed by atoms with E-state index in [2.05, 4.69) is 5.16 Å². The maximum absolute atomic E-state index is 5.65. The van der Waals surface area contributed by atoms with E-state index in [9.17, 15) is 0 Å². The van der Waals surface area contributed by atoms with Gasteiger partial charge in [0.2, 0.25) is 0 Å². The maximum atomic E-state index is 5.65. The minimum absolute atomic E-state index is 0.0722. The van der Waals surface area contributed by atoms with Crippen molar-refractivity contribution in [1.29, 1.82) is 0 Å². The Morgan fingerprint density at radius 1 is 1.43 bits per heavy atom. The van der Waals surface area contributed by atoms with E-state index >= 15 is 0 Å². The van der Waals surface area contributed by atoms with Gasteiger partial charge in [0.15, 0.2) is 0 Å². The smallest absolute Gasteiger partial charge is 0.132 e.